The fourth-order valence-corrected chi connectivity index (χ4v) is 4.13. The maximum Gasteiger partial charge on any atom is 0.137 e. The number of thiophene rings is 1. The van der Waals surface area contributed by atoms with E-state index in [0.29, 0.717) is 10.8 Å². The first-order valence-corrected chi connectivity index (χ1v) is 8.04. The molecular formula is C16H17ClO2S. The number of rotatable bonds is 3. The molecule has 2 aromatic rings. The molecule has 0 amide bonds. The van der Waals surface area contributed by atoms with Crippen LogP contribution >= 0.6 is 22.9 Å². The molecule has 0 radical (unpaired) electrons. The van der Waals surface area contributed by atoms with Crippen LogP contribution in [-0.4, -0.2) is 12.2 Å². The maximum atomic E-state index is 10.7. The molecule has 0 aliphatic heterocycles. The summed E-state index contributed by atoms with van der Waals surface area (Å²) in [5.41, 5.74) is 2.18. The van der Waals surface area contributed by atoms with E-state index in [1.165, 1.54) is 10.4 Å². The molecule has 1 N–H and O–H groups in total. The Hall–Kier alpha value is -1.03. The maximum absolute atomic E-state index is 10.7. The van der Waals surface area contributed by atoms with Crippen LogP contribution in [0.5, 0.6) is 5.75 Å². The van der Waals surface area contributed by atoms with Crippen LogP contribution in [0, 0.1) is 0 Å². The van der Waals surface area contributed by atoms with E-state index < -0.39 is 6.10 Å². The quantitative estimate of drug-likeness (QED) is 0.900. The van der Waals surface area contributed by atoms with Crippen molar-refractivity contribution in [1.29, 1.82) is 0 Å². The van der Waals surface area contributed by atoms with Crippen molar-refractivity contribution in [3.05, 3.63) is 50.7 Å². The van der Waals surface area contributed by atoms with Gasteiger partial charge in [0, 0.05) is 10.8 Å². The van der Waals surface area contributed by atoms with E-state index >= 15 is 0 Å². The van der Waals surface area contributed by atoms with Crippen molar-refractivity contribution in [3.8, 4) is 5.75 Å². The molecule has 0 spiro atoms. The number of benzene rings is 1. The van der Waals surface area contributed by atoms with E-state index in [1.54, 1.807) is 24.5 Å². The van der Waals surface area contributed by atoms with Crippen LogP contribution in [0.1, 0.15) is 40.9 Å². The van der Waals surface area contributed by atoms with Gasteiger partial charge in [0.25, 0.3) is 0 Å². The van der Waals surface area contributed by atoms with E-state index in [1.807, 2.05) is 12.1 Å². The Labute approximate surface area is 128 Å². The van der Waals surface area contributed by atoms with Crippen LogP contribution in [0.25, 0.3) is 0 Å². The Morgan fingerprint density at radius 3 is 3.05 bits per heavy atom. The summed E-state index contributed by atoms with van der Waals surface area (Å²) >= 11 is 7.84. The molecule has 2 nitrogen and oxygen atoms in total. The standard InChI is InChI=1S/C16H17ClO2S/c1-19-14-9-10(5-6-13(14)17)16(18)12-3-2-4-15-11(12)7-8-20-15/h5-9,12,16,18H,2-4H2,1H3. The highest BCUT2D eigenvalue weighted by molar-refractivity contribution is 7.10. The van der Waals surface area contributed by atoms with Gasteiger partial charge in [0.1, 0.15) is 5.75 Å². The highest BCUT2D eigenvalue weighted by atomic mass is 35.5. The summed E-state index contributed by atoms with van der Waals surface area (Å²) in [5, 5.41) is 13.4. The second kappa shape index (κ2) is 5.76. The summed E-state index contributed by atoms with van der Waals surface area (Å²) in [5.74, 6) is 0.792. The lowest BCUT2D eigenvalue weighted by molar-refractivity contribution is 0.136. The van der Waals surface area contributed by atoms with E-state index in [0.717, 1.165) is 24.8 Å². The van der Waals surface area contributed by atoms with Gasteiger partial charge in [-0.05, 0) is 54.0 Å². The number of methoxy groups -OCH3 is 1. The molecule has 2 atom stereocenters. The molecule has 4 heteroatoms. The number of ether oxygens (including phenoxy) is 1. The smallest absolute Gasteiger partial charge is 0.137 e. The zero-order valence-electron chi connectivity index (χ0n) is 11.3. The number of hydrogen-bond donors (Lipinski definition) is 1. The minimum Gasteiger partial charge on any atom is -0.495 e. The minimum absolute atomic E-state index is 0.177. The van der Waals surface area contributed by atoms with Crippen LogP contribution in [0.3, 0.4) is 0 Å². The van der Waals surface area contributed by atoms with E-state index in [9.17, 15) is 5.11 Å². The lowest BCUT2D eigenvalue weighted by Gasteiger charge is -2.27. The van der Waals surface area contributed by atoms with Gasteiger partial charge in [-0.25, -0.2) is 0 Å². The Kier molecular flexibility index (Phi) is 4.01. The summed E-state index contributed by atoms with van der Waals surface area (Å²) in [6, 6.07) is 7.67. The minimum atomic E-state index is -0.505. The monoisotopic (exact) mass is 308 g/mol. The van der Waals surface area contributed by atoms with Crippen molar-refractivity contribution in [1.82, 2.24) is 0 Å². The average molecular weight is 309 g/mol. The summed E-state index contributed by atoms with van der Waals surface area (Å²) in [4.78, 5) is 1.42. The Morgan fingerprint density at radius 2 is 2.25 bits per heavy atom. The third-order valence-electron chi connectivity index (χ3n) is 4.00. The van der Waals surface area contributed by atoms with Crippen molar-refractivity contribution < 1.29 is 9.84 Å². The van der Waals surface area contributed by atoms with Gasteiger partial charge in [-0.1, -0.05) is 17.7 Å². The Morgan fingerprint density at radius 1 is 1.40 bits per heavy atom. The predicted molar refractivity (Wildman–Crippen MR) is 83.0 cm³/mol. The fourth-order valence-electron chi connectivity index (χ4n) is 2.94. The number of fused-ring (bicyclic) bond motifs is 1. The van der Waals surface area contributed by atoms with Crippen molar-refractivity contribution in [2.75, 3.05) is 7.11 Å². The van der Waals surface area contributed by atoms with Gasteiger partial charge in [-0.3, -0.25) is 0 Å². The Balaban J connectivity index is 1.92. The van der Waals surface area contributed by atoms with Crippen LogP contribution in [0.15, 0.2) is 29.6 Å². The van der Waals surface area contributed by atoms with E-state index in [4.69, 9.17) is 16.3 Å². The van der Waals surface area contributed by atoms with E-state index in [-0.39, 0.29) is 5.92 Å². The first kappa shape index (κ1) is 13.9. The number of aliphatic hydroxyl groups excluding tert-OH is 1. The molecule has 2 unspecified atom stereocenters. The molecule has 3 rings (SSSR count). The summed E-state index contributed by atoms with van der Waals surface area (Å²) in [6.07, 6.45) is 2.80. The fraction of sp³-hybridized carbons (Fsp3) is 0.375. The second-order valence-electron chi connectivity index (χ2n) is 5.14. The molecule has 1 aliphatic rings. The van der Waals surface area contributed by atoms with Gasteiger partial charge in [0.15, 0.2) is 0 Å². The number of aliphatic hydroxyl groups is 1. The Bertz CT molecular complexity index is 608. The van der Waals surface area contributed by atoms with Crippen LogP contribution < -0.4 is 4.74 Å². The molecule has 1 aromatic heterocycles. The van der Waals surface area contributed by atoms with Gasteiger partial charge >= 0.3 is 0 Å². The average Bonchev–Trinajstić information content (AvgIpc) is 2.95. The molecule has 1 heterocycles. The molecule has 0 bridgehead atoms. The summed E-state index contributed by atoms with van der Waals surface area (Å²) in [6.45, 7) is 0. The molecule has 0 saturated carbocycles. The summed E-state index contributed by atoms with van der Waals surface area (Å²) in [7, 11) is 1.59. The van der Waals surface area contributed by atoms with Crippen LogP contribution in [0.2, 0.25) is 5.02 Å². The highest BCUT2D eigenvalue weighted by Crippen LogP contribution is 2.43. The molecule has 0 fully saturated rings. The largest absolute Gasteiger partial charge is 0.495 e. The zero-order valence-corrected chi connectivity index (χ0v) is 12.9. The lowest BCUT2D eigenvalue weighted by Crippen LogP contribution is -2.15. The van der Waals surface area contributed by atoms with Gasteiger partial charge in [-0.2, -0.15) is 0 Å². The molecule has 0 saturated heterocycles. The first-order valence-electron chi connectivity index (χ1n) is 6.78. The van der Waals surface area contributed by atoms with Crippen molar-refractivity contribution in [2.45, 2.75) is 31.3 Å². The second-order valence-corrected chi connectivity index (χ2v) is 6.54. The van der Waals surface area contributed by atoms with Crippen LogP contribution in [0.4, 0.5) is 0 Å². The predicted octanol–water partition coefficient (Wildman–Crippen LogP) is 4.56. The van der Waals surface area contributed by atoms with Gasteiger partial charge < -0.3 is 9.84 Å². The number of hydrogen-bond acceptors (Lipinski definition) is 3. The van der Waals surface area contributed by atoms with Gasteiger partial charge in [0.2, 0.25) is 0 Å². The third kappa shape index (κ3) is 2.46. The molecule has 1 aromatic carbocycles. The lowest BCUT2D eigenvalue weighted by atomic mass is 9.81. The highest BCUT2D eigenvalue weighted by Gasteiger charge is 2.28. The normalized spacial score (nSPS) is 19.4. The number of aryl methyl sites for hydroxylation is 1. The zero-order chi connectivity index (χ0) is 14.1. The molecule has 1 aliphatic carbocycles. The van der Waals surface area contributed by atoms with Crippen molar-refractivity contribution in [2.24, 2.45) is 0 Å². The molecular weight excluding hydrogens is 292 g/mol. The van der Waals surface area contributed by atoms with Gasteiger partial charge in [0.05, 0.1) is 18.2 Å². The first-order chi connectivity index (χ1) is 9.70. The van der Waals surface area contributed by atoms with Crippen molar-refractivity contribution in [3.63, 3.8) is 0 Å². The third-order valence-corrected chi connectivity index (χ3v) is 5.30. The van der Waals surface area contributed by atoms with Crippen LogP contribution in [-0.2, 0) is 6.42 Å². The van der Waals surface area contributed by atoms with E-state index in [2.05, 4.69) is 11.4 Å². The summed E-state index contributed by atoms with van der Waals surface area (Å²) < 4.78 is 5.24. The van der Waals surface area contributed by atoms with Gasteiger partial charge in [-0.15, -0.1) is 11.3 Å². The number of halogens is 1. The molecule has 106 valence electrons. The molecule has 20 heavy (non-hydrogen) atoms. The topological polar surface area (TPSA) is 29.5 Å². The van der Waals surface area contributed by atoms with Crippen molar-refractivity contribution >= 4 is 22.9 Å². The SMILES string of the molecule is COc1cc(C(O)C2CCCc3sccc32)ccc1Cl.